The molecular formula is C36H38O4. The van der Waals surface area contributed by atoms with E-state index in [0.29, 0.717) is 11.3 Å². The summed E-state index contributed by atoms with van der Waals surface area (Å²) in [6.07, 6.45) is 12.7. The molecule has 0 bridgehead atoms. The molecular weight excluding hydrogens is 496 g/mol. The van der Waals surface area contributed by atoms with Gasteiger partial charge in [-0.3, -0.25) is 0 Å². The van der Waals surface area contributed by atoms with Crippen LogP contribution >= 0.6 is 0 Å². The normalized spacial score (nSPS) is 10.9. The van der Waals surface area contributed by atoms with Crippen molar-refractivity contribution in [3.8, 4) is 39.5 Å². The zero-order valence-electron chi connectivity index (χ0n) is 23.5. The first kappa shape index (κ1) is 28.7. The van der Waals surface area contributed by atoms with Crippen molar-refractivity contribution in [2.24, 2.45) is 0 Å². The topological polar surface area (TPSA) is 44.8 Å². The van der Waals surface area contributed by atoms with Crippen molar-refractivity contribution >= 4 is 5.97 Å². The number of benzene rings is 4. The molecule has 4 aromatic rings. The molecule has 0 spiro atoms. The summed E-state index contributed by atoms with van der Waals surface area (Å²) in [6.45, 7) is 2.24. The van der Waals surface area contributed by atoms with E-state index < -0.39 is 0 Å². The van der Waals surface area contributed by atoms with E-state index >= 15 is 0 Å². The average molecular weight is 535 g/mol. The van der Waals surface area contributed by atoms with Crippen molar-refractivity contribution in [2.45, 2.75) is 51.9 Å². The molecule has 4 nitrogen and oxygen atoms in total. The molecule has 0 saturated carbocycles. The third-order valence-corrected chi connectivity index (χ3v) is 6.82. The molecule has 40 heavy (non-hydrogen) atoms. The number of hydrogen-bond donors (Lipinski definition) is 0. The standard InChI is InChI=1S/C36H38O4/c1-3-4-5-6-7-8-9-10-27-39-34-23-17-30(18-24-34)28-11-13-32(14-12-28)36(37)40-35-25-19-31(20-26-35)29-15-21-33(38-2)22-16-29/h10-27H,3-9H2,1-2H3. The van der Waals surface area contributed by atoms with Crippen LogP contribution in [0.3, 0.4) is 0 Å². The predicted octanol–water partition coefficient (Wildman–Crippen LogP) is 9.89. The lowest BCUT2D eigenvalue weighted by molar-refractivity contribution is 0.0735. The van der Waals surface area contributed by atoms with Crippen LogP contribution in [0.4, 0.5) is 0 Å². The Kier molecular flexibility index (Phi) is 11.0. The first-order valence-electron chi connectivity index (χ1n) is 14.1. The minimum absolute atomic E-state index is 0.389. The third-order valence-electron chi connectivity index (χ3n) is 6.82. The molecule has 0 fully saturated rings. The lowest BCUT2D eigenvalue weighted by Gasteiger charge is -2.08. The summed E-state index contributed by atoms with van der Waals surface area (Å²) in [6, 6.07) is 30.7. The monoisotopic (exact) mass is 534 g/mol. The zero-order valence-corrected chi connectivity index (χ0v) is 23.5. The Bertz CT molecular complexity index is 1340. The molecule has 4 aromatic carbocycles. The van der Waals surface area contributed by atoms with Gasteiger partial charge in [0, 0.05) is 0 Å². The van der Waals surface area contributed by atoms with Crippen LogP contribution < -0.4 is 14.2 Å². The summed E-state index contributed by atoms with van der Waals surface area (Å²) in [5, 5.41) is 0. The van der Waals surface area contributed by atoms with Crippen LogP contribution in [0, 0.1) is 0 Å². The van der Waals surface area contributed by atoms with Crippen LogP contribution in [0.5, 0.6) is 17.2 Å². The molecule has 0 aliphatic rings. The maximum Gasteiger partial charge on any atom is 0.343 e. The molecule has 0 amide bonds. The number of esters is 1. The number of rotatable bonds is 14. The summed E-state index contributed by atoms with van der Waals surface area (Å²) in [5.74, 6) is 1.73. The fourth-order valence-corrected chi connectivity index (χ4v) is 4.43. The second-order valence-electron chi connectivity index (χ2n) is 9.79. The van der Waals surface area contributed by atoms with Crippen molar-refractivity contribution in [2.75, 3.05) is 7.11 Å². The zero-order chi connectivity index (χ0) is 28.0. The van der Waals surface area contributed by atoms with Gasteiger partial charge in [-0.05, 0) is 89.7 Å². The molecule has 0 saturated heterocycles. The Morgan fingerprint density at radius 3 is 1.62 bits per heavy atom. The highest BCUT2D eigenvalue weighted by atomic mass is 16.5. The van der Waals surface area contributed by atoms with Crippen molar-refractivity contribution in [3.05, 3.63) is 115 Å². The SMILES string of the molecule is CCCCCCCCC=COc1ccc(-c2ccc(C(=O)Oc3ccc(-c4ccc(OC)cc4)cc3)cc2)cc1. The molecule has 0 aliphatic carbocycles. The number of allylic oxidation sites excluding steroid dienone is 1. The molecule has 0 unspecified atom stereocenters. The summed E-state index contributed by atoms with van der Waals surface area (Å²) in [7, 11) is 1.65. The van der Waals surface area contributed by atoms with E-state index in [0.717, 1.165) is 40.2 Å². The number of ether oxygens (including phenoxy) is 3. The maximum atomic E-state index is 12.7. The van der Waals surface area contributed by atoms with Crippen LogP contribution in [0.2, 0.25) is 0 Å². The Morgan fingerprint density at radius 1 is 0.600 bits per heavy atom. The van der Waals surface area contributed by atoms with Gasteiger partial charge in [-0.2, -0.15) is 0 Å². The number of hydrogen-bond acceptors (Lipinski definition) is 4. The third kappa shape index (κ3) is 8.60. The molecule has 0 aliphatic heterocycles. The van der Waals surface area contributed by atoms with Crippen LogP contribution in [0.25, 0.3) is 22.3 Å². The Labute approximate surface area is 238 Å². The van der Waals surface area contributed by atoms with Crippen molar-refractivity contribution in [1.29, 1.82) is 0 Å². The molecule has 0 heterocycles. The number of methoxy groups -OCH3 is 1. The van der Waals surface area contributed by atoms with Gasteiger partial charge in [0.25, 0.3) is 0 Å². The molecule has 0 N–H and O–H groups in total. The van der Waals surface area contributed by atoms with Crippen molar-refractivity contribution < 1.29 is 19.0 Å². The first-order chi connectivity index (χ1) is 19.7. The summed E-state index contributed by atoms with van der Waals surface area (Å²) in [4.78, 5) is 12.7. The van der Waals surface area contributed by atoms with Gasteiger partial charge in [-0.15, -0.1) is 0 Å². The number of carbonyl (C=O) groups is 1. The van der Waals surface area contributed by atoms with E-state index in [-0.39, 0.29) is 5.97 Å². The van der Waals surface area contributed by atoms with E-state index in [9.17, 15) is 4.79 Å². The molecule has 4 heteroatoms. The quantitative estimate of drug-likeness (QED) is 0.0699. The second kappa shape index (κ2) is 15.3. The fraction of sp³-hybridized carbons (Fsp3) is 0.250. The van der Waals surface area contributed by atoms with E-state index in [2.05, 4.69) is 13.0 Å². The van der Waals surface area contributed by atoms with Crippen molar-refractivity contribution in [1.82, 2.24) is 0 Å². The minimum atomic E-state index is -0.389. The van der Waals surface area contributed by atoms with Crippen LogP contribution in [-0.4, -0.2) is 13.1 Å². The number of unbranched alkanes of at least 4 members (excludes halogenated alkanes) is 6. The van der Waals surface area contributed by atoms with Crippen LogP contribution in [0.1, 0.15) is 62.2 Å². The number of carbonyl (C=O) groups excluding carboxylic acids is 1. The minimum Gasteiger partial charge on any atom is -0.497 e. The van der Waals surface area contributed by atoms with E-state index in [1.807, 2.05) is 72.8 Å². The van der Waals surface area contributed by atoms with Gasteiger partial charge in [0.2, 0.25) is 0 Å². The van der Waals surface area contributed by atoms with Gasteiger partial charge in [-0.1, -0.05) is 87.6 Å². The van der Waals surface area contributed by atoms with Crippen LogP contribution in [-0.2, 0) is 0 Å². The lowest BCUT2D eigenvalue weighted by atomic mass is 10.0. The van der Waals surface area contributed by atoms with E-state index in [1.165, 1.54) is 38.5 Å². The highest BCUT2D eigenvalue weighted by Gasteiger charge is 2.10. The van der Waals surface area contributed by atoms with Crippen LogP contribution in [0.15, 0.2) is 109 Å². The highest BCUT2D eigenvalue weighted by Crippen LogP contribution is 2.26. The highest BCUT2D eigenvalue weighted by molar-refractivity contribution is 5.91. The van der Waals surface area contributed by atoms with Gasteiger partial charge in [0.1, 0.15) is 17.2 Å². The Hall–Kier alpha value is -4.31. The van der Waals surface area contributed by atoms with Gasteiger partial charge < -0.3 is 14.2 Å². The molecule has 0 radical (unpaired) electrons. The lowest BCUT2D eigenvalue weighted by Crippen LogP contribution is -2.08. The first-order valence-corrected chi connectivity index (χ1v) is 14.1. The summed E-state index contributed by atoms with van der Waals surface area (Å²) >= 11 is 0. The summed E-state index contributed by atoms with van der Waals surface area (Å²) < 4.78 is 16.6. The smallest absolute Gasteiger partial charge is 0.343 e. The van der Waals surface area contributed by atoms with Gasteiger partial charge in [0.15, 0.2) is 0 Å². The largest absolute Gasteiger partial charge is 0.497 e. The van der Waals surface area contributed by atoms with E-state index in [1.54, 1.807) is 37.6 Å². The van der Waals surface area contributed by atoms with Gasteiger partial charge in [0.05, 0.1) is 18.9 Å². The van der Waals surface area contributed by atoms with Crippen molar-refractivity contribution in [3.63, 3.8) is 0 Å². The van der Waals surface area contributed by atoms with Gasteiger partial charge >= 0.3 is 5.97 Å². The van der Waals surface area contributed by atoms with Gasteiger partial charge in [-0.25, -0.2) is 4.79 Å². The average Bonchev–Trinajstić information content (AvgIpc) is 3.01. The predicted molar refractivity (Wildman–Crippen MR) is 163 cm³/mol. The molecule has 206 valence electrons. The second-order valence-corrected chi connectivity index (χ2v) is 9.79. The maximum absolute atomic E-state index is 12.7. The molecule has 4 rings (SSSR count). The van der Waals surface area contributed by atoms with E-state index in [4.69, 9.17) is 14.2 Å². The summed E-state index contributed by atoms with van der Waals surface area (Å²) in [5.41, 5.74) is 4.67. The Balaban J connectivity index is 1.25. The Morgan fingerprint density at radius 2 is 1.07 bits per heavy atom. The molecule has 0 atom stereocenters. The fourth-order valence-electron chi connectivity index (χ4n) is 4.43. The molecule has 0 aromatic heterocycles.